The second-order valence-electron chi connectivity index (χ2n) is 7.57. The van der Waals surface area contributed by atoms with Crippen LogP contribution in [0.2, 0.25) is 0 Å². The van der Waals surface area contributed by atoms with E-state index in [1.807, 2.05) is 24.5 Å². The molecule has 0 saturated heterocycles. The van der Waals surface area contributed by atoms with Crippen molar-refractivity contribution in [3.8, 4) is 5.69 Å². The van der Waals surface area contributed by atoms with Gasteiger partial charge in [0.15, 0.2) is 5.84 Å². The number of thioether (sulfide) groups is 1. The van der Waals surface area contributed by atoms with E-state index in [0.717, 1.165) is 34.4 Å². The Labute approximate surface area is 192 Å². The highest BCUT2D eigenvalue weighted by Crippen LogP contribution is 2.32. The fraction of sp³-hybridized carbons (Fsp3) is 0.0833. The summed E-state index contributed by atoms with van der Waals surface area (Å²) >= 11 is 1.16. The molecule has 2 aliphatic heterocycles. The third-order valence-electron chi connectivity index (χ3n) is 5.40. The highest BCUT2D eigenvalue weighted by molar-refractivity contribution is 8.27. The van der Waals surface area contributed by atoms with Crippen LogP contribution >= 0.6 is 11.8 Å². The highest BCUT2D eigenvalue weighted by atomic mass is 32.2. The molecule has 5 rings (SSSR count). The number of nitrogens with zero attached hydrogens (tertiary/aromatic N) is 4. The normalized spacial score (nSPS) is 16.8. The largest absolute Gasteiger partial charge is 0.318 e. The molecule has 0 aliphatic carbocycles. The standard InChI is InChI=1S/C24H17F2N5OS/c1-13-11-16(14(2)30(13)19-9-7-18(26)8-10-19)12-20-21(27)31-24(28-22(20)32)33-23(29-31)15-3-5-17(25)6-4-15/h3-12,27H,1-2H3. The molecule has 1 N–H and O–H groups in total. The molecule has 0 radical (unpaired) electrons. The summed E-state index contributed by atoms with van der Waals surface area (Å²) in [5, 5.41) is 15.1. The minimum atomic E-state index is -0.527. The number of rotatable bonds is 3. The zero-order chi connectivity index (χ0) is 23.3. The lowest BCUT2D eigenvalue weighted by atomic mass is 10.1. The molecule has 3 heterocycles. The summed E-state index contributed by atoms with van der Waals surface area (Å²) in [6.07, 6.45) is 1.63. The fourth-order valence-corrected chi connectivity index (χ4v) is 4.67. The summed E-state index contributed by atoms with van der Waals surface area (Å²) in [6.45, 7) is 3.81. The Balaban J connectivity index is 1.50. The van der Waals surface area contributed by atoms with Crippen molar-refractivity contribution in [2.45, 2.75) is 13.8 Å². The second-order valence-corrected chi connectivity index (χ2v) is 8.53. The molecule has 0 unspecified atom stereocenters. The number of hydrogen-bond donors (Lipinski definition) is 1. The summed E-state index contributed by atoms with van der Waals surface area (Å²) < 4.78 is 28.5. The van der Waals surface area contributed by atoms with E-state index in [4.69, 9.17) is 5.41 Å². The summed E-state index contributed by atoms with van der Waals surface area (Å²) in [5.74, 6) is -1.28. The molecule has 9 heteroatoms. The minimum Gasteiger partial charge on any atom is -0.318 e. The van der Waals surface area contributed by atoms with Crippen molar-refractivity contribution in [3.05, 3.63) is 94.3 Å². The fourth-order valence-electron chi connectivity index (χ4n) is 3.78. The number of hydrogen-bond acceptors (Lipinski definition) is 4. The SMILES string of the molecule is Cc1cc(C=C2C(=N)N3N=C(c4ccc(F)cc4)SC3=NC2=O)c(C)n1-c1ccc(F)cc1. The number of carbonyl (C=O) groups is 1. The average molecular weight is 461 g/mol. The van der Waals surface area contributed by atoms with Gasteiger partial charge in [0.1, 0.15) is 16.7 Å². The molecule has 3 aromatic rings. The number of hydrazone groups is 1. The third-order valence-corrected chi connectivity index (χ3v) is 6.36. The van der Waals surface area contributed by atoms with Gasteiger partial charge in [-0.2, -0.15) is 15.1 Å². The van der Waals surface area contributed by atoms with Crippen molar-refractivity contribution < 1.29 is 13.6 Å². The lowest BCUT2D eigenvalue weighted by Gasteiger charge is -2.20. The first-order valence-corrected chi connectivity index (χ1v) is 10.8. The van der Waals surface area contributed by atoms with Gasteiger partial charge in [0.2, 0.25) is 5.17 Å². The monoisotopic (exact) mass is 461 g/mol. The van der Waals surface area contributed by atoms with Crippen LogP contribution < -0.4 is 0 Å². The average Bonchev–Trinajstić information content (AvgIpc) is 3.33. The van der Waals surface area contributed by atoms with Crippen LogP contribution in [0.1, 0.15) is 22.5 Å². The van der Waals surface area contributed by atoms with E-state index in [0.29, 0.717) is 15.8 Å². The van der Waals surface area contributed by atoms with E-state index < -0.39 is 5.91 Å². The quantitative estimate of drug-likeness (QED) is 0.556. The molecular weight excluding hydrogens is 444 g/mol. The van der Waals surface area contributed by atoms with Crippen LogP contribution in [0.4, 0.5) is 8.78 Å². The predicted molar refractivity (Wildman–Crippen MR) is 126 cm³/mol. The van der Waals surface area contributed by atoms with Gasteiger partial charge in [-0.3, -0.25) is 10.2 Å². The number of carbonyl (C=O) groups excluding carboxylic acids is 1. The smallest absolute Gasteiger partial charge is 0.283 e. The van der Waals surface area contributed by atoms with Gasteiger partial charge < -0.3 is 4.57 Å². The van der Waals surface area contributed by atoms with Crippen LogP contribution in [0, 0.1) is 30.9 Å². The summed E-state index contributed by atoms with van der Waals surface area (Å²) in [4.78, 5) is 16.9. The first kappa shape index (κ1) is 21.0. The van der Waals surface area contributed by atoms with Gasteiger partial charge in [0, 0.05) is 22.6 Å². The highest BCUT2D eigenvalue weighted by Gasteiger charge is 2.36. The molecule has 0 spiro atoms. The molecule has 0 saturated carbocycles. The Kier molecular flexibility index (Phi) is 5.05. The van der Waals surface area contributed by atoms with E-state index in [9.17, 15) is 13.6 Å². The lowest BCUT2D eigenvalue weighted by Crippen LogP contribution is -2.35. The Bertz CT molecular complexity index is 1400. The maximum atomic E-state index is 13.3. The van der Waals surface area contributed by atoms with Crippen LogP contribution in [-0.4, -0.2) is 31.5 Å². The molecular formula is C24H17F2N5OS. The first-order valence-electron chi connectivity index (χ1n) is 10.0. The predicted octanol–water partition coefficient (Wildman–Crippen LogP) is 5.04. The van der Waals surface area contributed by atoms with E-state index in [1.165, 1.54) is 29.3 Å². The number of aromatic nitrogens is 1. The van der Waals surface area contributed by atoms with Crippen LogP contribution in [0.25, 0.3) is 11.8 Å². The number of halogens is 2. The van der Waals surface area contributed by atoms with Crippen molar-refractivity contribution in [1.29, 1.82) is 5.41 Å². The van der Waals surface area contributed by atoms with E-state index >= 15 is 0 Å². The number of benzene rings is 2. The van der Waals surface area contributed by atoms with Gasteiger partial charge in [-0.1, -0.05) is 0 Å². The van der Waals surface area contributed by atoms with Crippen molar-refractivity contribution in [1.82, 2.24) is 9.58 Å². The van der Waals surface area contributed by atoms with Gasteiger partial charge in [-0.05, 0) is 91.8 Å². The van der Waals surface area contributed by atoms with Gasteiger partial charge in [-0.15, -0.1) is 0 Å². The Hall–Kier alpha value is -3.85. The van der Waals surface area contributed by atoms with E-state index in [1.54, 1.807) is 30.3 Å². The van der Waals surface area contributed by atoms with Crippen molar-refractivity contribution in [3.63, 3.8) is 0 Å². The van der Waals surface area contributed by atoms with Crippen LogP contribution in [0.5, 0.6) is 0 Å². The van der Waals surface area contributed by atoms with Gasteiger partial charge >= 0.3 is 0 Å². The molecule has 33 heavy (non-hydrogen) atoms. The topological polar surface area (TPSA) is 73.8 Å². The van der Waals surface area contributed by atoms with E-state index in [2.05, 4.69) is 10.1 Å². The minimum absolute atomic E-state index is 0.0822. The molecule has 0 fully saturated rings. The lowest BCUT2D eigenvalue weighted by molar-refractivity contribution is -0.114. The first-order chi connectivity index (χ1) is 15.8. The Morgan fingerprint density at radius 1 is 1.00 bits per heavy atom. The van der Waals surface area contributed by atoms with Crippen LogP contribution in [0.3, 0.4) is 0 Å². The summed E-state index contributed by atoms with van der Waals surface area (Å²) in [7, 11) is 0. The molecule has 0 atom stereocenters. The molecule has 164 valence electrons. The summed E-state index contributed by atoms with van der Waals surface area (Å²) in [5.41, 5.74) is 4.07. The number of amidine groups is 2. The van der Waals surface area contributed by atoms with Crippen LogP contribution in [0.15, 0.2) is 70.3 Å². The van der Waals surface area contributed by atoms with Gasteiger partial charge in [0.05, 0.1) is 5.57 Å². The zero-order valence-electron chi connectivity index (χ0n) is 17.6. The number of amides is 1. The van der Waals surface area contributed by atoms with E-state index in [-0.39, 0.29) is 23.0 Å². The van der Waals surface area contributed by atoms with Crippen molar-refractivity contribution in [2.24, 2.45) is 10.1 Å². The van der Waals surface area contributed by atoms with Gasteiger partial charge in [-0.25, -0.2) is 8.78 Å². The molecule has 2 aliphatic rings. The number of aryl methyl sites for hydroxylation is 1. The number of nitrogens with one attached hydrogen (secondary N) is 1. The molecule has 6 nitrogen and oxygen atoms in total. The Morgan fingerprint density at radius 3 is 2.30 bits per heavy atom. The third kappa shape index (κ3) is 3.70. The molecule has 0 bridgehead atoms. The number of fused-ring (bicyclic) bond motifs is 1. The zero-order valence-corrected chi connectivity index (χ0v) is 18.5. The molecule has 1 amide bonds. The number of aliphatic imine (C=N–C) groups is 1. The molecule has 1 aromatic heterocycles. The van der Waals surface area contributed by atoms with Gasteiger partial charge in [0.25, 0.3) is 5.91 Å². The maximum Gasteiger partial charge on any atom is 0.283 e. The maximum absolute atomic E-state index is 13.3. The van der Waals surface area contributed by atoms with Crippen molar-refractivity contribution in [2.75, 3.05) is 0 Å². The van der Waals surface area contributed by atoms with Crippen LogP contribution in [-0.2, 0) is 4.79 Å². The Morgan fingerprint density at radius 2 is 1.64 bits per heavy atom. The summed E-state index contributed by atoms with van der Waals surface area (Å²) in [6, 6.07) is 13.9. The second kappa shape index (κ2) is 7.93. The van der Waals surface area contributed by atoms with Crippen molar-refractivity contribution >= 4 is 39.8 Å². The molecule has 2 aromatic carbocycles.